The van der Waals surface area contributed by atoms with Gasteiger partial charge < -0.3 is 5.32 Å². The molecule has 0 atom stereocenters. The number of anilines is 1. The molecule has 20 heavy (non-hydrogen) atoms. The number of carbonyl (C=O) groups is 1. The van der Waals surface area contributed by atoms with Gasteiger partial charge >= 0.3 is 4.87 Å². The number of aryl methyl sites for hydroxylation is 1. The summed E-state index contributed by atoms with van der Waals surface area (Å²) in [5.41, 5.74) is 1.67. The number of carbonyl (C=O) groups excluding carboxylic acids is 1. The van der Waals surface area contributed by atoms with Crippen LogP contribution >= 0.6 is 11.3 Å². The zero-order chi connectivity index (χ0) is 14.9. The number of hydrogen-bond acceptors (Lipinski definition) is 4. The van der Waals surface area contributed by atoms with Gasteiger partial charge in [-0.1, -0.05) is 32.1 Å². The maximum atomic E-state index is 11.9. The first-order chi connectivity index (χ1) is 9.27. The van der Waals surface area contributed by atoms with E-state index >= 15 is 0 Å². The molecule has 0 spiro atoms. The molecular weight excluding hydrogens is 276 g/mol. The Morgan fingerprint density at radius 3 is 2.70 bits per heavy atom. The Morgan fingerprint density at radius 2 is 2.20 bits per heavy atom. The van der Waals surface area contributed by atoms with Gasteiger partial charge in [-0.15, -0.1) is 0 Å². The van der Waals surface area contributed by atoms with Crippen molar-refractivity contribution in [3.63, 3.8) is 0 Å². The van der Waals surface area contributed by atoms with Crippen molar-refractivity contribution in [2.75, 3.05) is 5.32 Å². The van der Waals surface area contributed by atoms with Gasteiger partial charge in [-0.3, -0.25) is 19.3 Å². The smallest absolute Gasteiger partial charge is 0.307 e. The third kappa shape index (κ3) is 3.16. The van der Waals surface area contributed by atoms with E-state index in [9.17, 15) is 9.59 Å². The first kappa shape index (κ1) is 14.5. The quantitative estimate of drug-likeness (QED) is 0.907. The Balaban J connectivity index is 2.06. The minimum absolute atomic E-state index is 0.00583. The molecule has 0 saturated heterocycles. The van der Waals surface area contributed by atoms with E-state index in [0.717, 1.165) is 22.7 Å². The molecule has 2 aromatic heterocycles. The third-order valence-corrected chi connectivity index (χ3v) is 3.81. The molecule has 1 amide bonds. The molecule has 0 aliphatic carbocycles. The minimum Gasteiger partial charge on any atom is -0.308 e. The van der Waals surface area contributed by atoms with E-state index < -0.39 is 0 Å². The van der Waals surface area contributed by atoms with E-state index in [4.69, 9.17) is 0 Å². The maximum absolute atomic E-state index is 11.9. The van der Waals surface area contributed by atoms with Crippen LogP contribution in [0.3, 0.4) is 0 Å². The summed E-state index contributed by atoms with van der Waals surface area (Å²) in [7, 11) is 0. The second-order valence-corrected chi connectivity index (χ2v) is 6.51. The van der Waals surface area contributed by atoms with Crippen LogP contribution in [0.4, 0.5) is 5.82 Å². The molecule has 0 aliphatic rings. The highest BCUT2D eigenvalue weighted by molar-refractivity contribution is 7.07. The zero-order valence-electron chi connectivity index (χ0n) is 12.0. The van der Waals surface area contributed by atoms with Gasteiger partial charge in [0.2, 0.25) is 5.91 Å². The molecule has 2 heterocycles. The predicted octanol–water partition coefficient (Wildman–Crippen LogP) is 1.88. The Hall–Kier alpha value is -1.89. The number of amides is 1. The highest BCUT2D eigenvalue weighted by atomic mass is 32.1. The van der Waals surface area contributed by atoms with Crippen molar-refractivity contribution in [2.24, 2.45) is 0 Å². The standard InChI is InChI=1S/C13H18N4O2S/c1-8-7-20-12(19)17(8)6-11(18)14-10-5-9(15-16-10)13(2,3)4/h5,7H,6H2,1-4H3,(H2,14,15,16,18). The van der Waals surface area contributed by atoms with Crippen molar-refractivity contribution in [3.05, 3.63) is 32.5 Å². The van der Waals surface area contributed by atoms with Gasteiger partial charge in [-0.2, -0.15) is 5.10 Å². The number of nitrogens with zero attached hydrogens (tertiary/aromatic N) is 2. The summed E-state index contributed by atoms with van der Waals surface area (Å²) in [6, 6.07) is 1.81. The molecule has 7 heteroatoms. The fourth-order valence-electron chi connectivity index (χ4n) is 1.69. The van der Waals surface area contributed by atoms with Crippen LogP contribution in [0.15, 0.2) is 16.2 Å². The summed E-state index contributed by atoms with van der Waals surface area (Å²) in [5, 5.41) is 11.4. The topological polar surface area (TPSA) is 79.8 Å². The van der Waals surface area contributed by atoms with Crippen molar-refractivity contribution < 1.29 is 4.79 Å². The average Bonchev–Trinajstić information content (AvgIpc) is 2.90. The van der Waals surface area contributed by atoms with Crippen molar-refractivity contribution >= 4 is 23.1 Å². The van der Waals surface area contributed by atoms with E-state index in [1.54, 1.807) is 18.4 Å². The Morgan fingerprint density at radius 1 is 1.50 bits per heavy atom. The fourth-order valence-corrected chi connectivity index (χ4v) is 2.43. The van der Waals surface area contributed by atoms with Crippen LogP contribution in [0.25, 0.3) is 0 Å². The molecule has 0 bridgehead atoms. The molecule has 0 saturated carbocycles. The van der Waals surface area contributed by atoms with Gasteiger partial charge in [0.25, 0.3) is 0 Å². The van der Waals surface area contributed by atoms with Crippen molar-refractivity contribution in [1.29, 1.82) is 0 Å². The fraction of sp³-hybridized carbons (Fsp3) is 0.462. The summed E-state index contributed by atoms with van der Waals surface area (Å²) in [6.45, 7) is 7.98. The Kier molecular flexibility index (Phi) is 3.80. The summed E-state index contributed by atoms with van der Waals surface area (Å²) in [4.78, 5) is 23.3. The van der Waals surface area contributed by atoms with Gasteiger partial charge in [0.05, 0.1) is 0 Å². The molecule has 2 rings (SSSR count). The van der Waals surface area contributed by atoms with Gasteiger partial charge in [-0.05, 0) is 6.92 Å². The predicted molar refractivity (Wildman–Crippen MR) is 79.2 cm³/mol. The summed E-state index contributed by atoms with van der Waals surface area (Å²) < 4.78 is 1.44. The molecule has 0 fully saturated rings. The van der Waals surface area contributed by atoms with E-state index in [0.29, 0.717) is 5.82 Å². The second-order valence-electron chi connectivity index (χ2n) is 5.69. The Bertz CT molecular complexity index is 675. The van der Waals surface area contributed by atoms with Crippen molar-refractivity contribution in [1.82, 2.24) is 14.8 Å². The molecular formula is C13H18N4O2S. The summed E-state index contributed by atoms with van der Waals surface area (Å²) in [5.74, 6) is 0.210. The van der Waals surface area contributed by atoms with Gasteiger partial charge in [-0.25, -0.2) is 0 Å². The second kappa shape index (κ2) is 5.24. The van der Waals surface area contributed by atoms with Gasteiger partial charge in [0, 0.05) is 28.2 Å². The van der Waals surface area contributed by atoms with E-state index in [1.807, 2.05) is 0 Å². The minimum atomic E-state index is -0.263. The van der Waals surface area contributed by atoms with Gasteiger partial charge in [0.15, 0.2) is 5.82 Å². The molecule has 0 unspecified atom stereocenters. The first-order valence-corrected chi connectivity index (χ1v) is 7.16. The monoisotopic (exact) mass is 294 g/mol. The summed E-state index contributed by atoms with van der Waals surface area (Å²) >= 11 is 1.09. The molecule has 6 nitrogen and oxygen atoms in total. The van der Waals surface area contributed by atoms with Crippen LogP contribution < -0.4 is 10.2 Å². The highest BCUT2D eigenvalue weighted by Crippen LogP contribution is 2.21. The molecule has 0 aromatic carbocycles. The number of H-pyrrole nitrogens is 1. The van der Waals surface area contributed by atoms with Crippen molar-refractivity contribution in [3.8, 4) is 0 Å². The lowest BCUT2D eigenvalue weighted by atomic mass is 9.92. The average molecular weight is 294 g/mol. The molecule has 0 aliphatic heterocycles. The van der Waals surface area contributed by atoms with Crippen LogP contribution in [-0.4, -0.2) is 20.7 Å². The number of rotatable bonds is 3. The number of thiazole rings is 1. The first-order valence-electron chi connectivity index (χ1n) is 6.28. The Labute approximate surface area is 120 Å². The number of nitrogens with one attached hydrogen (secondary N) is 2. The lowest BCUT2D eigenvalue weighted by Crippen LogP contribution is -2.25. The number of hydrogen-bond donors (Lipinski definition) is 2. The third-order valence-electron chi connectivity index (χ3n) is 2.93. The van der Waals surface area contributed by atoms with E-state index in [-0.39, 0.29) is 22.7 Å². The van der Waals surface area contributed by atoms with E-state index in [1.165, 1.54) is 4.57 Å². The largest absolute Gasteiger partial charge is 0.308 e. The maximum Gasteiger partial charge on any atom is 0.307 e. The van der Waals surface area contributed by atoms with Crippen LogP contribution in [-0.2, 0) is 16.8 Å². The molecule has 2 aromatic rings. The van der Waals surface area contributed by atoms with E-state index in [2.05, 4.69) is 36.3 Å². The van der Waals surface area contributed by atoms with Crippen molar-refractivity contribution in [2.45, 2.75) is 39.7 Å². The van der Waals surface area contributed by atoms with Gasteiger partial charge in [0.1, 0.15) is 6.54 Å². The number of aromatic nitrogens is 3. The van der Waals surface area contributed by atoms with Crippen LogP contribution in [0.5, 0.6) is 0 Å². The van der Waals surface area contributed by atoms with Crippen LogP contribution in [0.2, 0.25) is 0 Å². The lowest BCUT2D eigenvalue weighted by Gasteiger charge is -2.14. The van der Waals surface area contributed by atoms with Crippen LogP contribution in [0.1, 0.15) is 32.2 Å². The summed E-state index contributed by atoms with van der Waals surface area (Å²) in [6.07, 6.45) is 0. The zero-order valence-corrected chi connectivity index (χ0v) is 12.8. The highest BCUT2D eigenvalue weighted by Gasteiger charge is 2.17. The SMILES string of the molecule is Cc1csc(=O)n1CC(=O)Nc1cc(C(C)(C)C)[nH]n1. The molecule has 108 valence electrons. The number of aromatic amines is 1. The van der Waals surface area contributed by atoms with Crippen LogP contribution in [0, 0.1) is 6.92 Å². The normalized spacial score (nSPS) is 11.6. The molecule has 0 radical (unpaired) electrons. The molecule has 2 N–H and O–H groups in total. The lowest BCUT2D eigenvalue weighted by molar-refractivity contribution is -0.116.